The summed E-state index contributed by atoms with van der Waals surface area (Å²) in [6.45, 7) is 0.347. The van der Waals surface area contributed by atoms with Gasteiger partial charge in [0, 0.05) is 29.6 Å². The summed E-state index contributed by atoms with van der Waals surface area (Å²) in [5.74, 6) is -0.171. The molecule has 1 aliphatic carbocycles. The number of rotatable bonds is 5. The zero-order chi connectivity index (χ0) is 15.1. The lowest BCUT2D eigenvalue weighted by Crippen LogP contribution is -2.38. The standard InChI is InChI=1S/C16H21ClN2O2/c17-13-8-6-12(7-9-13)16(21)18-11-10-15(20)19-14-4-2-1-3-5-14/h6-9,14H,1-5,10-11H2,(H,18,21)(H,19,20). The Hall–Kier alpha value is -1.55. The summed E-state index contributed by atoms with van der Waals surface area (Å²) < 4.78 is 0. The van der Waals surface area contributed by atoms with Crippen molar-refractivity contribution in [2.75, 3.05) is 6.54 Å². The lowest BCUT2D eigenvalue weighted by molar-refractivity contribution is -0.121. The van der Waals surface area contributed by atoms with Gasteiger partial charge in [0.05, 0.1) is 0 Å². The molecular weight excluding hydrogens is 288 g/mol. The maximum atomic E-state index is 11.8. The molecular formula is C16H21ClN2O2. The van der Waals surface area contributed by atoms with Crippen LogP contribution in [0.15, 0.2) is 24.3 Å². The highest BCUT2D eigenvalue weighted by Gasteiger charge is 2.15. The van der Waals surface area contributed by atoms with Crippen LogP contribution in [0.5, 0.6) is 0 Å². The molecule has 2 N–H and O–H groups in total. The first kappa shape index (κ1) is 15.8. The van der Waals surface area contributed by atoms with Crippen molar-refractivity contribution >= 4 is 23.4 Å². The van der Waals surface area contributed by atoms with E-state index >= 15 is 0 Å². The highest BCUT2D eigenvalue weighted by molar-refractivity contribution is 6.30. The molecule has 0 saturated heterocycles. The molecule has 0 heterocycles. The van der Waals surface area contributed by atoms with Crippen molar-refractivity contribution < 1.29 is 9.59 Å². The third kappa shape index (κ3) is 5.38. The molecule has 21 heavy (non-hydrogen) atoms. The monoisotopic (exact) mass is 308 g/mol. The molecule has 0 unspecified atom stereocenters. The third-order valence-corrected chi connectivity index (χ3v) is 3.97. The highest BCUT2D eigenvalue weighted by atomic mass is 35.5. The van der Waals surface area contributed by atoms with Gasteiger partial charge in [0.25, 0.3) is 5.91 Å². The maximum absolute atomic E-state index is 11.8. The van der Waals surface area contributed by atoms with E-state index in [1.165, 1.54) is 19.3 Å². The fourth-order valence-corrected chi connectivity index (χ4v) is 2.67. The number of benzene rings is 1. The average molecular weight is 309 g/mol. The van der Waals surface area contributed by atoms with Crippen molar-refractivity contribution in [3.05, 3.63) is 34.9 Å². The van der Waals surface area contributed by atoms with Gasteiger partial charge in [-0.25, -0.2) is 0 Å². The van der Waals surface area contributed by atoms with Gasteiger partial charge >= 0.3 is 0 Å². The molecule has 5 heteroatoms. The summed E-state index contributed by atoms with van der Waals surface area (Å²) in [5.41, 5.74) is 0.548. The van der Waals surface area contributed by atoms with E-state index in [1.54, 1.807) is 24.3 Å². The second-order valence-electron chi connectivity index (χ2n) is 5.42. The molecule has 4 nitrogen and oxygen atoms in total. The van der Waals surface area contributed by atoms with Gasteiger partial charge in [0.1, 0.15) is 0 Å². The van der Waals surface area contributed by atoms with Crippen LogP contribution in [-0.4, -0.2) is 24.4 Å². The normalized spacial score (nSPS) is 15.5. The third-order valence-electron chi connectivity index (χ3n) is 3.71. The summed E-state index contributed by atoms with van der Waals surface area (Å²) in [6.07, 6.45) is 6.11. The zero-order valence-electron chi connectivity index (χ0n) is 12.0. The summed E-state index contributed by atoms with van der Waals surface area (Å²) in [6, 6.07) is 7.00. The molecule has 0 aromatic heterocycles. The van der Waals surface area contributed by atoms with E-state index in [9.17, 15) is 9.59 Å². The summed E-state index contributed by atoms with van der Waals surface area (Å²) in [4.78, 5) is 23.6. The van der Waals surface area contributed by atoms with E-state index in [2.05, 4.69) is 10.6 Å². The van der Waals surface area contributed by atoms with Crippen molar-refractivity contribution in [2.45, 2.75) is 44.6 Å². The minimum absolute atomic E-state index is 0.0123. The number of amides is 2. The van der Waals surface area contributed by atoms with Crippen LogP contribution in [0.25, 0.3) is 0 Å². The minimum atomic E-state index is -0.183. The Labute approximate surface area is 130 Å². The Morgan fingerprint density at radius 3 is 2.43 bits per heavy atom. The minimum Gasteiger partial charge on any atom is -0.353 e. The fourth-order valence-electron chi connectivity index (χ4n) is 2.54. The number of hydrogen-bond acceptors (Lipinski definition) is 2. The highest BCUT2D eigenvalue weighted by Crippen LogP contribution is 2.17. The molecule has 1 aromatic carbocycles. The van der Waals surface area contributed by atoms with Crippen LogP contribution >= 0.6 is 11.6 Å². The van der Waals surface area contributed by atoms with Gasteiger partial charge < -0.3 is 10.6 Å². The lowest BCUT2D eigenvalue weighted by Gasteiger charge is -2.22. The molecule has 0 spiro atoms. The van der Waals surface area contributed by atoms with Gasteiger partial charge in [0.15, 0.2) is 0 Å². The van der Waals surface area contributed by atoms with Crippen LogP contribution in [0.3, 0.4) is 0 Å². The predicted octanol–water partition coefficient (Wildman–Crippen LogP) is 2.91. The Bertz CT molecular complexity index is 482. The molecule has 1 aromatic rings. The molecule has 114 valence electrons. The summed E-state index contributed by atoms with van der Waals surface area (Å²) in [5, 5.41) is 6.37. The Balaban J connectivity index is 1.67. The fraction of sp³-hybridized carbons (Fsp3) is 0.500. The number of hydrogen-bond donors (Lipinski definition) is 2. The van der Waals surface area contributed by atoms with E-state index in [0.717, 1.165) is 12.8 Å². The van der Waals surface area contributed by atoms with Crippen LogP contribution in [0, 0.1) is 0 Å². The van der Waals surface area contributed by atoms with Crippen LogP contribution < -0.4 is 10.6 Å². The molecule has 0 atom stereocenters. The van der Waals surface area contributed by atoms with Crippen molar-refractivity contribution in [1.82, 2.24) is 10.6 Å². The van der Waals surface area contributed by atoms with Crippen molar-refractivity contribution in [1.29, 1.82) is 0 Å². The second-order valence-corrected chi connectivity index (χ2v) is 5.85. The first-order valence-electron chi connectivity index (χ1n) is 7.48. The molecule has 0 bridgehead atoms. The van der Waals surface area contributed by atoms with E-state index in [4.69, 9.17) is 11.6 Å². The number of carbonyl (C=O) groups is 2. The average Bonchev–Trinajstić information content (AvgIpc) is 2.49. The Morgan fingerprint density at radius 2 is 1.76 bits per heavy atom. The van der Waals surface area contributed by atoms with Crippen molar-refractivity contribution in [3.8, 4) is 0 Å². The van der Waals surface area contributed by atoms with Crippen LogP contribution in [0.1, 0.15) is 48.9 Å². The van der Waals surface area contributed by atoms with Gasteiger partial charge in [0.2, 0.25) is 5.91 Å². The smallest absolute Gasteiger partial charge is 0.251 e. The van der Waals surface area contributed by atoms with E-state index in [0.29, 0.717) is 29.6 Å². The van der Waals surface area contributed by atoms with Crippen LogP contribution in [-0.2, 0) is 4.79 Å². The zero-order valence-corrected chi connectivity index (χ0v) is 12.8. The van der Waals surface area contributed by atoms with Gasteiger partial charge in [-0.15, -0.1) is 0 Å². The first-order valence-corrected chi connectivity index (χ1v) is 7.86. The predicted molar refractivity (Wildman–Crippen MR) is 83.4 cm³/mol. The number of halogens is 1. The van der Waals surface area contributed by atoms with Gasteiger partial charge in [-0.05, 0) is 37.1 Å². The molecule has 2 amide bonds. The number of nitrogens with one attached hydrogen (secondary N) is 2. The maximum Gasteiger partial charge on any atom is 0.251 e. The Morgan fingerprint density at radius 1 is 1.10 bits per heavy atom. The Kier molecular flexibility index (Phi) is 6.05. The van der Waals surface area contributed by atoms with E-state index in [-0.39, 0.29) is 11.8 Å². The van der Waals surface area contributed by atoms with Crippen LogP contribution in [0.4, 0.5) is 0 Å². The SMILES string of the molecule is O=C(CCNC(=O)c1ccc(Cl)cc1)NC1CCCCC1. The second kappa shape index (κ2) is 8.03. The van der Waals surface area contributed by atoms with E-state index < -0.39 is 0 Å². The first-order chi connectivity index (χ1) is 10.1. The van der Waals surface area contributed by atoms with E-state index in [1.807, 2.05) is 0 Å². The van der Waals surface area contributed by atoms with Gasteiger partial charge in [-0.3, -0.25) is 9.59 Å². The molecule has 0 aliphatic heterocycles. The van der Waals surface area contributed by atoms with Gasteiger partial charge in [-0.1, -0.05) is 30.9 Å². The molecule has 0 radical (unpaired) electrons. The largest absolute Gasteiger partial charge is 0.353 e. The molecule has 1 fully saturated rings. The quantitative estimate of drug-likeness (QED) is 0.878. The van der Waals surface area contributed by atoms with Crippen LogP contribution in [0.2, 0.25) is 5.02 Å². The van der Waals surface area contributed by atoms with Crippen molar-refractivity contribution in [3.63, 3.8) is 0 Å². The molecule has 1 aliphatic rings. The lowest BCUT2D eigenvalue weighted by atomic mass is 9.95. The molecule has 1 saturated carbocycles. The van der Waals surface area contributed by atoms with Gasteiger partial charge in [-0.2, -0.15) is 0 Å². The molecule has 2 rings (SSSR count). The van der Waals surface area contributed by atoms with Crippen molar-refractivity contribution in [2.24, 2.45) is 0 Å². The summed E-state index contributed by atoms with van der Waals surface area (Å²) in [7, 11) is 0. The summed E-state index contributed by atoms with van der Waals surface area (Å²) >= 11 is 5.77. The topological polar surface area (TPSA) is 58.2 Å². The number of carbonyl (C=O) groups excluding carboxylic acids is 2.